The van der Waals surface area contributed by atoms with Gasteiger partial charge in [0, 0.05) is 68.4 Å². The molecule has 0 fully saturated rings. The molecule has 5 heterocycles. The number of rotatable bonds is 2. The normalized spacial score (nSPS) is 18.3. The Kier molecular flexibility index (Phi) is 9.45. The number of nitrogens with zero attached hydrogens (tertiary/aromatic N) is 2. The third-order valence-electron chi connectivity index (χ3n) is 18.7. The van der Waals surface area contributed by atoms with Gasteiger partial charge in [0.1, 0.15) is 5.58 Å². The van der Waals surface area contributed by atoms with E-state index in [2.05, 4.69) is 222 Å². The van der Waals surface area contributed by atoms with Crippen LogP contribution in [0.2, 0.25) is 0 Å². The SMILES string of the molecule is CC(C)(C)c1ccc(N2B3c4sc5ccc(C(C)(C)C)cc5c4N(c4ccc5c(c4)C(C)(C)CCC5(C)C)c4c3c(cc3c4oc4ccccc43)-c3cc4c(cc32)sc2cc3c(cc24)C(C)(C)CCC3(C)C)cc1. The highest BCUT2D eigenvalue weighted by Crippen LogP contribution is 2.57. The van der Waals surface area contributed by atoms with Crippen LogP contribution < -0.4 is 20.0 Å². The quantitative estimate of drug-likeness (QED) is 0.161. The summed E-state index contributed by atoms with van der Waals surface area (Å²) in [5, 5.41) is 6.36. The Morgan fingerprint density at radius 3 is 1.74 bits per heavy atom. The van der Waals surface area contributed by atoms with Crippen LogP contribution in [0, 0.1) is 0 Å². The van der Waals surface area contributed by atoms with Gasteiger partial charge in [0.05, 0.1) is 11.4 Å². The summed E-state index contributed by atoms with van der Waals surface area (Å²) in [4.78, 5) is 5.41. The predicted octanol–water partition coefficient (Wildman–Crippen LogP) is 19.2. The lowest BCUT2D eigenvalue weighted by Gasteiger charge is -2.45. The molecule has 0 spiro atoms. The summed E-state index contributed by atoms with van der Waals surface area (Å²) < 4.78 is 12.8. The van der Waals surface area contributed by atoms with Gasteiger partial charge in [-0.05, 0) is 175 Å². The first-order chi connectivity index (χ1) is 34.9. The molecule has 372 valence electrons. The molecule has 0 saturated carbocycles. The van der Waals surface area contributed by atoms with Gasteiger partial charge < -0.3 is 14.1 Å². The number of para-hydroxylation sites is 1. The third kappa shape index (κ3) is 6.55. The van der Waals surface area contributed by atoms with Gasteiger partial charge in [0.25, 0.3) is 0 Å². The van der Waals surface area contributed by atoms with E-state index in [0.717, 1.165) is 34.0 Å². The number of fused-ring (bicyclic) bond motifs is 15. The molecule has 0 radical (unpaired) electrons. The molecule has 3 aromatic heterocycles. The van der Waals surface area contributed by atoms with Crippen molar-refractivity contribution in [3.8, 4) is 11.1 Å². The standard InChI is InChI=1S/C68H69BN2OS2/c1-63(2,3)38-19-22-40(23-20-38)71-53-37-57-44(45-35-51-52(36-56(45)73-57)68(13,14)30-29-67(51,11)12)33-43(53)46-34-47-42-17-15-16-18-54(42)72-61(47)60-58(46)69(71)62-59(48-31-39(64(4,5)6)21-26-55(48)74-62)70(60)41-24-25-49-50(32-41)66(9,10)28-27-65(49,7)8/h15-26,31-37H,27-30H2,1-14H3. The fourth-order valence-electron chi connectivity index (χ4n) is 13.9. The number of furan rings is 1. The highest BCUT2D eigenvalue weighted by atomic mass is 32.1. The maximum absolute atomic E-state index is 7.37. The Balaban J connectivity index is 1.15. The van der Waals surface area contributed by atoms with Crippen molar-refractivity contribution in [2.24, 2.45) is 0 Å². The minimum absolute atomic E-state index is 0.0178. The Labute approximate surface area is 446 Å². The van der Waals surface area contributed by atoms with Crippen molar-refractivity contribution in [1.82, 2.24) is 0 Å². The van der Waals surface area contributed by atoms with Crippen LogP contribution in [-0.2, 0) is 32.5 Å². The Bertz CT molecular complexity index is 4070. The molecule has 4 aliphatic rings. The van der Waals surface area contributed by atoms with Crippen molar-refractivity contribution in [2.75, 3.05) is 9.71 Å². The molecule has 0 unspecified atom stereocenters. The highest BCUT2D eigenvalue weighted by Gasteiger charge is 2.50. The van der Waals surface area contributed by atoms with E-state index < -0.39 is 0 Å². The van der Waals surface area contributed by atoms with Crippen LogP contribution in [0.1, 0.15) is 156 Å². The Morgan fingerprint density at radius 1 is 0.473 bits per heavy atom. The van der Waals surface area contributed by atoms with E-state index in [1.807, 2.05) is 22.7 Å². The maximum Gasteiger partial charge on any atom is 0.343 e. The topological polar surface area (TPSA) is 19.6 Å². The Morgan fingerprint density at radius 2 is 1.05 bits per heavy atom. The van der Waals surface area contributed by atoms with Crippen molar-refractivity contribution >= 4 is 120 Å². The van der Waals surface area contributed by atoms with Gasteiger partial charge in [-0.3, -0.25) is 0 Å². The second-order valence-electron chi connectivity index (χ2n) is 27.5. The van der Waals surface area contributed by atoms with E-state index in [1.54, 1.807) is 0 Å². The van der Waals surface area contributed by atoms with E-state index in [9.17, 15) is 0 Å². The molecule has 2 aliphatic carbocycles. The van der Waals surface area contributed by atoms with Gasteiger partial charge in [-0.25, -0.2) is 0 Å². The smallest absolute Gasteiger partial charge is 0.343 e. The van der Waals surface area contributed by atoms with Crippen molar-refractivity contribution in [1.29, 1.82) is 0 Å². The summed E-state index contributed by atoms with van der Waals surface area (Å²) in [5.41, 5.74) is 20.9. The van der Waals surface area contributed by atoms with Crippen LogP contribution >= 0.6 is 22.7 Å². The number of thiophene rings is 2. The van der Waals surface area contributed by atoms with Crippen LogP contribution in [0.5, 0.6) is 0 Å². The zero-order valence-electron chi connectivity index (χ0n) is 46.0. The summed E-state index contributed by atoms with van der Waals surface area (Å²) >= 11 is 3.96. The zero-order valence-corrected chi connectivity index (χ0v) is 47.6. The third-order valence-corrected chi connectivity index (χ3v) is 21.0. The first-order valence-electron chi connectivity index (χ1n) is 27.4. The minimum atomic E-state index is -0.138. The number of hydrogen-bond acceptors (Lipinski definition) is 5. The van der Waals surface area contributed by atoms with E-state index in [4.69, 9.17) is 4.42 Å². The van der Waals surface area contributed by atoms with Crippen molar-refractivity contribution < 1.29 is 4.42 Å². The van der Waals surface area contributed by atoms with Gasteiger partial charge in [-0.2, -0.15) is 0 Å². The minimum Gasteiger partial charge on any atom is -0.454 e. The lowest BCUT2D eigenvalue weighted by molar-refractivity contribution is 0.332. The second-order valence-corrected chi connectivity index (χ2v) is 29.6. The first-order valence-corrected chi connectivity index (χ1v) is 29.0. The Hall–Kier alpha value is -5.82. The summed E-state index contributed by atoms with van der Waals surface area (Å²) in [6.45, 7) is 33.6. The van der Waals surface area contributed by atoms with Gasteiger partial charge in [-0.1, -0.05) is 139 Å². The first kappa shape index (κ1) is 46.7. The summed E-state index contributed by atoms with van der Waals surface area (Å²) in [6.07, 6.45) is 4.72. The molecule has 6 heteroatoms. The lowest BCUT2D eigenvalue weighted by atomic mass is 9.46. The van der Waals surface area contributed by atoms with Crippen LogP contribution in [0.15, 0.2) is 120 Å². The molecular weight excluding hydrogens is 936 g/mol. The van der Waals surface area contributed by atoms with Crippen molar-refractivity contribution in [2.45, 2.75) is 155 Å². The predicted molar refractivity (Wildman–Crippen MR) is 324 cm³/mol. The molecule has 7 aromatic carbocycles. The van der Waals surface area contributed by atoms with E-state index in [1.165, 1.54) is 127 Å². The molecule has 0 atom stereocenters. The number of anilines is 5. The van der Waals surface area contributed by atoms with Gasteiger partial charge in [0.2, 0.25) is 0 Å². The monoisotopic (exact) mass is 1000 g/mol. The summed E-state index contributed by atoms with van der Waals surface area (Å²) in [7, 11) is 0. The molecule has 2 aliphatic heterocycles. The van der Waals surface area contributed by atoms with E-state index >= 15 is 0 Å². The molecule has 0 amide bonds. The van der Waals surface area contributed by atoms with Gasteiger partial charge in [0.15, 0.2) is 5.58 Å². The second kappa shape index (κ2) is 15.0. The number of hydrogen-bond donors (Lipinski definition) is 0. The largest absolute Gasteiger partial charge is 0.454 e. The van der Waals surface area contributed by atoms with Crippen molar-refractivity contribution in [3.63, 3.8) is 0 Å². The zero-order chi connectivity index (χ0) is 51.6. The summed E-state index contributed by atoms with van der Waals surface area (Å²) in [5.74, 6) is 0. The van der Waals surface area contributed by atoms with Crippen molar-refractivity contribution in [3.05, 3.63) is 149 Å². The fraction of sp³-hybridized carbons (Fsp3) is 0.353. The molecule has 0 saturated heterocycles. The lowest BCUT2D eigenvalue weighted by Crippen LogP contribution is -2.60. The van der Waals surface area contributed by atoms with E-state index in [0.29, 0.717) is 0 Å². The van der Waals surface area contributed by atoms with Crippen LogP contribution in [0.3, 0.4) is 0 Å². The number of benzene rings is 7. The average molecular weight is 1010 g/mol. The molecule has 0 bridgehead atoms. The fourth-order valence-corrected chi connectivity index (χ4v) is 16.3. The van der Waals surface area contributed by atoms with Crippen LogP contribution in [0.25, 0.3) is 63.3 Å². The summed E-state index contributed by atoms with van der Waals surface area (Å²) in [6, 6.07) is 46.0. The van der Waals surface area contributed by atoms with E-state index in [-0.39, 0.29) is 39.3 Å². The molecule has 74 heavy (non-hydrogen) atoms. The molecular formula is C68H69BN2OS2. The van der Waals surface area contributed by atoms with Crippen LogP contribution in [0.4, 0.5) is 28.4 Å². The van der Waals surface area contributed by atoms with Crippen LogP contribution in [-0.4, -0.2) is 6.85 Å². The average Bonchev–Trinajstić information content (AvgIpc) is 4.08. The molecule has 14 rings (SSSR count). The highest BCUT2D eigenvalue weighted by molar-refractivity contribution is 7.32. The molecule has 10 aromatic rings. The van der Waals surface area contributed by atoms with Gasteiger partial charge >= 0.3 is 6.85 Å². The maximum atomic E-state index is 7.37. The molecule has 0 N–H and O–H groups in total. The van der Waals surface area contributed by atoms with Gasteiger partial charge in [-0.15, -0.1) is 22.7 Å². The molecule has 3 nitrogen and oxygen atoms in total.